The number of benzene rings is 2. The Morgan fingerprint density at radius 2 is 1.90 bits per heavy atom. The average Bonchev–Trinajstić information content (AvgIpc) is 3.55. The normalized spacial score (nSPS) is 23.5. The van der Waals surface area contributed by atoms with Crippen molar-refractivity contribution in [2.45, 2.75) is 37.4 Å². The Labute approximate surface area is 174 Å². The van der Waals surface area contributed by atoms with Crippen LogP contribution in [0.4, 0.5) is 0 Å². The van der Waals surface area contributed by atoms with E-state index >= 15 is 0 Å². The molecule has 2 aliphatic heterocycles. The number of carbonyl (C=O) groups is 2. The zero-order valence-electron chi connectivity index (χ0n) is 16.8. The molecule has 2 aromatic carbocycles. The zero-order chi connectivity index (χ0) is 20.4. The second-order valence-electron chi connectivity index (χ2n) is 8.46. The van der Waals surface area contributed by atoms with Crippen molar-refractivity contribution in [3.63, 3.8) is 0 Å². The van der Waals surface area contributed by atoms with Crippen LogP contribution in [0.25, 0.3) is 10.9 Å². The van der Waals surface area contributed by atoms with Crippen LogP contribution in [0.5, 0.6) is 5.75 Å². The van der Waals surface area contributed by atoms with Crippen LogP contribution in [-0.2, 0) is 16.0 Å². The van der Waals surface area contributed by atoms with Gasteiger partial charge in [-0.15, -0.1) is 0 Å². The minimum absolute atomic E-state index is 0.0172. The summed E-state index contributed by atoms with van der Waals surface area (Å²) >= 11 is 0. The number of nitrogens with zero attached hydrogens (tertiary/aromatic N) is 2. The van der Waals surface area contributed by atoms with Crippen molar-refractivity contribution < 1.29 is 14.3 Å². The van der Waals surface area contributed by atoms with Gasteiger partial charge in [-0.2, -0.15) is 0 Å². The minimum Gasteiger partial charge on any atom is -0.497 e. The first-order valence-electron chi connectivity index (χ1n) is 10.5. The van der Waals surface area contributed by atoms with E-state index in [9.17, 15) is 9.59 Å². The van der Waals surface area contributed by atoms with Crippen LogP contribution < -0.4 is 4.74 Å². The number of aromatic nitrogens is 1. The molecule has 152 valence electrons. The minimum atomic E-state index is -0.463. The number of piperazine rings is 1. The fraction of sp³-hybridized carbons (Fsp3) is 0.333. The van der Waals surface area contributed by atoms with Gasteiger partial charge in [0.1, 0.15) is 18.3 Å². The van der Waals surface area contributed by atoms with Crippen molar-refractivity contribution >= 4 is 22.7 Å². The fourth-order valence-corrected chi connectivity index (χ4v) is 5.14. The molecule has 0 radical (unpaired) electrons. The van der Waals surface area contributed by atoms with Crippen LogP contribution >= 0.6 is 0 Å². The second-order valence-corrected chi connectivity index (χ2v) is 8.46. The number of fused-ring (bicyclic) bond motifs is 4. The van der Waals surface area contributed by atoms with Crippen LogP contribution in [0.3, 0.4) is 0 Å². The molecule has 2 fully saturated rings. The molecule has 1 saturated heterocycles. The van der Waals surface area contributed by atoms with Crippen molar-refractivity contribution in [2.75, 3.05) is 13.7 Å². The molecular formula is C24H23N3O3. The lowest BCUT2D eigenvalue weighted by atomic mass is 9.86. The van der Waals surface area contributed by atoms with E-state index in [2.05, 4.69) is 17.1 Å². The topological polar surface area (TPSA) is 65.6 Å². The van der Waals surface area contributed by atoms with Crippen LogP contribution in [-0.4, -0.2) is 52.3 Å². The number of aromatic amines is 1. The van der Waals surface area contributed by atoms with Gasteiger partial charge in [0, 0.05) is 29.1 Å². The number of ether oxygens (including phenoxy) is 1. The Morgan fingerprint density at radius 3 is 2.70 bits per heavy atom. The number of H-pyrrole nitrogens is 1. The van der Waals surface area contributed by atoms with Crippen molar-refractivity contribution in [3.8, 4) is 5.75 Å². The van der Waals surface area contributed by atoms with E-state index < -0.39 is 6.04 Å². The first-order valence-corrected chi connectivity index (χ1v) is 10.5. The van der Waals surface area contributed by atoms with Gasteiger partial charge in [-0.1, -0.05) is 30.3 Å². The number of amides is 2. The Bertz CT molecular complexity index is 1180. The first kappa shape index (κ1) is 17.6. The lowest BCUT2D eigenvalue weighted by Gasteiger charge is -2.47. The summed E-state index contributed by atoms with van der Waals surface area (Å²) in [5, 5.41) is 1.13. The van der Waals surface area contributed by atoms with Gasteiger partial charge in [0.25, 0.3) is 0 Å². The maximum Gasteiger partial charge on any atom is 0.246 e. The molecular weight excluding hydrogens is 378 g/mol. The molecule has 30 heavy (non-hydrogen) atoms. The molecule has 2 amide bonds. The Morgan fingerprint density at radius 1 is 1.07 bits per heavy atom. The third kappa shape index (κ3) is 2.49. The zero-order valence-corrected chi connectivity index (χ0v) is 16.8. The van der Waals surface area contributed by atoms with E-state index in [0.29, 0.717) is 6.42 Å². The van der Waals surface area contributed by atoms with E-state index in [1.165, 1.54) is 0 Å². The van der Waals surface area contributed by atoms with Gasteiger partial charge in [-0.25, -0.2) is 0 Å². The monoisotopic (exact) mass is 401 g/mol. The van der Waals surface area contributed by atoms with Gasteiger partial charge in [0.05, 0.1) is 13.2 Å². The highest BCUT2D eigenvalue weighted by atomic mass is 16.5. The predicted molar refractivity (Wildman–Crippen MR) is 112 cm³/mol. The number of carbonyl (C=O) groups excluding carboxylic acids is 2. The van der Waals surface area contributed by atoms with E-state index in [1.54, 1.807) is 7.11 Å². The Hall–Kier alpha value is -3.28. The van der Waals surface area contributed by atoms with Gasteiger partial charge in [0.2, 0.25) is 11.8 Å². The SMILES string of the molecule is COc1cccc([C@@H]2c3[nH]c4ccccc4c3C[C@H]3C(=O)N(C4CC4)CC(=O)N23)c1. The van der Waals surface area contributed by atoms with Crippen LogP contribution in [0, 0.1) is 0 Å². The second kappa shape index (κ2) is 6.36. The van der Waals surface area contributed by atoms with E-state index in [4.69, 9.17) is 4.74 Å². The number of nitrogens with one attached hydrogen (secondary N) is 1. The summed E-state index contributed by atoms with van der Waals surface area (Å²) in [4.78, 5) is 34.0. The van der Waals surface area contributed by atoms with Crippen molar-refractivity contribution in [1.82, 2.24) is 14.8 Å². The number of methoxy groups -OCH3 is 1. The number of hydrogen-bond donors (Lipinski definition) is 1. The van der Waals surface area contributed by atoms with E-state index in [-0.39, 0.29) is 30.4 Å². The van der Waals surface area contributed by atoms with Gasteiger partial charge in [-0.05, 0) is 42.2 Å². The van der Waals surface area contributed by atoms with Crippen LogP contribution in [0.1, 0.15) is 35.7 Å². The first-order chi connectivity index (χ1) is 14.7. The van der Waals surface area contributed by atoms with Crippen molar-refractivity contribution in [1.29, 1.82) is 0 Å². The third-order valence-corrected chi connectivity index (χ3v) is 6.69. The summed E-state index contributed by atoms with van der Waals surface area (Å²) in [5.74, 6) is 0.840. The van der Waals surface area contributed by atoms with Gasteiger partial charge in [-0.3, -0.25) is 9.59 Å². The highest BCUT2D eigenvalue weighted by Crippen LogP contribution is 2.44. The Balaban J connectivity index is 1.55. The van der Waals surface area contributed by atoms with E-state index in [0.717, 1.165) is 46.3 Å². The smallest absolute Gasteiger partial charge is 0.246 e. The summed E-state index contributed by atoms with van der Waals surface area (Å²) in [6.45, 7) is 0.177. The molecule has 1 saturated carbocycles. The molecule has 1 N–H and O–H groups in total. The fourth-order valence-electron chi connectivity index (χ4n) is 5.14. The lowest BCUT2D eigenvalue weighted by molar-refractivity contribution is -0.159. The van der Waals surface area contributed by atoms with Gasteiger partial charge in [0.15, 0.2) is 0 Å². The largest absolute Gasteiger partial charge is 0.497 e. The molecule has 0 spiro atoms. The molecule has 1 aliphatic carbocycles. The molecule has 6 nitrogen and oxygen atoms in total. The summed E-state index contributed by atoms with van der Waals surface area (Å²) in [7, 11) is 1.64. The standard InChI is InChI=1S/C24H23N3O3/c1-30-16-6-4-5-14(11-16)23-22-18(17-7-2-3-8-19(17)25-22)12-20-24(29)26(15-9-10-15)13-21(28)27(20)23/h2-8,11,15,20,23,25H,9-10,12-13H2,1H3/t20-,23+/m0/s1. The van der Waals surface area contributed by atoms with Crippen LogP contribution in [0.2, 0.25) is 0 Å². The highest BCUT2D eigenvalue weighted by Gasteiger charge is 2.50. The molecule has 3 aromatic rings. The summed E-state index contributed by atoms with van der Waals surface area (Å²) < 4.78 is 5.44. The Kier molecular flexibility index (Phi) is 3.72. The number of hydrogen-bond acceptors (Lipinski definition) is 3. The predicted octanol–water partition coefficient (Wildman–Crippen LogP) is 3.02. The molecule has 0 bridgehead atoms. The van der Waals surface area contributed by atoms with Gasteiger partial charge < -0.3 is 19.5 Å². The molecule has 3 aliphatic rings. The molecule has 2 atom stereocenters. The number of para-hydroxylation sites is 1. The summed E-state index contributed by atoms with van der Waals surface area (Å²) in [6.07, 6.45) is 2.56. The molecule has 6 rings (SSSR count). The van der Waals surface area contributed by atoms with E-state index in [1.807, 2.05) is 46.2 Å². The maximum atomic E-state index is 13.5. The summed E-state index contributed by atoms with van der Waals surface area (Å²) in [5.41, 5.74) is 4.13. The molecule has 6 heteroatoms. The summed E-state index contributed by atoms with van der Waals surface area (Å²) in [6, 6.07) is 15.4. The van der Waals surface area contributed by atoms with Gasteiger partial charge >= 0.3 is 0 Å². The molecule has 1 aromatic heterocycles. The quantitative estimate of drug-likeness (QED) is 0.734. The number of rotatable bonds is 3. The van der Waals surface area contributed by atoms with Crippen molar-refractivity contribution in [2.24, 2.45) is 0 Å². The maximum absolute atomic E-state index is 13.5. The molecule has 3 heterocycles. The third-order valence-electron chi connectivity index (χ3n) is 6.69. The van der Waals surface area contributed by atoms with Crippen molar-refractivity contribution in [3.05, 3.63) is 65.4 Å². The van der Waals surface area contributed by atoms with Crippen LogP contribution in [0.15, 0.2) is 48.5 Å². The average molecular weight is 401 g/mol. The molecule has 0 unspecified atom stereocenters. The highest BCUT2D eigenvalue weighted by molar-refractivity contribution is 5.98. The lowest BCUT2D eigenvalue weighted by Crippen LogP contribution is -2.63.